The lowest BCUT2D eigenvalue weighted by molar-refractivity contribution is -0.137. The van der Waals surface area contributed by atoms with Gasteiger partial charge in [0.25, 0.3) is 0 Å². The monoisotopic (exact) mass is 220 g/mol. The molecule has 0 spiro atoms. The second-order valence-corrected chi connectivity index (χ2v) is 7.61. The largest absolute Gasteiger partial charge is 0.481 e. The minimum atomic E-state index is -0.670. The fourth-order valence-electron chi connectivity index (χ4n) is 1.42. The topological polar surface area (TPSA) is 37.3 Å². The van der Waals surface area contributed by atoms with Crippen LogP contribution in [0, 0.1) is 0 Å². The maximum Gasteiger partial charge on any atom is 0.303 e. The highest BCUT2D eigenvalue weighted by Gasteiger charge is 2.29. The molecule has 0 saturated carbocycles. The molecule has 0 aromatic heterocycles. The Bertz CT molecular complexity index is 192. The average Bonchev–Trinajstić information content (AvgIpc) is 1.99. The number of hydrogen-bond donors (Lipinski definition) is 1. The number of hydrogen-bond acceptors (Lipinski definition) is 3. The molecule has 1 aliphatic rings. The maximum absolute atomic E-state index is 10.4. The predicted molar refractivity (Wildman–Crippen MR) is 59.4 cm³/mol. The Labute approximate surface area is 87.9 Å². The van der Waals surface area contributed by atoms with Gasteiger partial charge in [-0.3, -0.25) is 4.79 Å². The summed E-state index contributed by atoms with van der Waals surface area (Å²) in [5.41, 5.74) is 0. The van der Waals surface area contributed by atoms with E-state index in [-0.39, 0.29) is 4.08 Å². The van der Waals surface area contributed by atoms with Crippen molar-refractivity contribution in [2.24, 2.45) is 0 Å². The van der Waals surface area contributed by atoms with Gasteiger partial charge in [-0.25, -0.2) is 0 Å². The van der Waals surface area contributed by atoms with Gasteiger partial charge in [-0.2, -0.15) is 0 Å². The van der Waals surface area contributed by atoms with Crippen LogP contribution in [0.5, 0.6) is 0 Å². The Kier molecular flexibility index (Phi) is 3.98. The highest BCUT2D eigenvalue weighted by molar-refractivity contribution is 8.19. The van der Waals surface area contributed by atoms with Crippen molar-refractivity contribution >= 4 is 29.5 Å². The van der Waals surface area contributed by atoms with Crippen LogP contribution in [0.4, 0.5) is 0 Å². The van der Waals surface area contributed by atoms with Gasteiger partial charge in [0.1, 0.15) is 0 Å². The van der Waals surface area contributed by atoms with E-state index in [2.05, 4.69) is 13.8 Å². The summed E-state index contributed by atoms with van der Waals surface area (Å²) in [6.07, 6.45) is 2.30. The van der Waals surface area contributed by atoms with E-state index in [1.54, 1.807) is 0 Å². The predicted octanol–water partition coefficient (Wildman–Crippen LogP) is 2.83. The molecular weight excluding hydrogens is 204 g/mol. The van der Waals surface area contributed by atoms with Gasteiger partial charge < -0.3 is 5.11 Å². The maximum atomic E-state index is 10.4. The molecule has 1 saturated heterocycles. The van der Waals surface area contributed by atoms with Gasteiger partial charge in [-0.1, -0.05) is 0 Å². The molecule has 13 heavy (non-hydrogen) atoms. The highest BCUT2D eigenvalue weighted by atomic mass is 32.2. The smallest absolute Gasteiger partial charge is 0.303 e. The molecule has 0 aliphatic carbocycles. The number of rotatable bonds is 3. The lowest BCUT2D eigenvalue weighted by atomic mass is 10.2. The first kappa shape index (κ1) is 11.2. The van der Waals surface area contributed by atoms with Crippen LogP contribution in [-0.4, -0.2) is 26.2 Å². The minimum absolute atomic E-state index is 0.279. The Morgan fingerprint density at radius 1 is 1.62 bits per heavy atom. The van der Waals surface area contributed by atoms with Crippen LogP contribution in [0.15, 0.2) is 0 Å². The quantitative estimate of drug-likeness (QED) is 0.793. The molecule has 2 nitrogen and oxygen atoms in total. The van der Waals surface area contributed by atoms with Crippen molar-refractivity contribution < 1.29 is 9.90 Å². The third-order valence-corrected chi connectivity index (χ3v) is 5.17. The summed E-state index contributed by atoms with van der Waals surface area (Å²) in [5, 5.41) is 9.11. The lowest BCUT2D eigenvalue weighted by Crippen LogP contribution is -2.23. The third-order valence-electron chi connectivity index (χ3n) is 2.02. The summed E-state index contributed by atoms with van der Waals surface area (Å²) < 4.78 is 0.279. The van der Waals surface area contributed by atoms with Gasteiger partial charge >= 0.3 is 5.97 Å². The summed E-state index contributed by atoms with van der Waals surface area (Å²) >= 11 is 3.90. The molecule has 0 bridgehead atoms. The van der Waals surface area contributed by atoms with Crippen molar-refractivity contribution in [2.45, 2.75) is 42.4 Å². The zero-order chi connectivity index (χ0) is 9.90. The van der Waals surface area contributed by atoms with Gasteiger partial charge in [0, 0.05) is 11.7 Å². The van der Waals surface area contributed by atoms with Crippen molar-refractivity contribution in [3.8, 4) is 0 Å². The van der Waals surface area contributed by atoms with Crippen molar-refractivity contribution in [3.05, 3.63) is 0 Å². The molecule has 4 heteroatoms. The second kappa shape index (κ2) is 4.60. The van der Waals surface area contributed by atoms with Crippen molar-refractivity contribution in [3.63, 3.8) is 0 Å². The lowest BCUT2D eigenvalue weighted by Gasteiger charge is -2.33. The van der Waals surface area contributed by atoms with Crippen molar-refractivity contribution in [2.75, 3.05) is 5.75 Å². The molecule has 76 valence electrons. The van der Waals surface area contributed by atoms with Crippen molar-refractivity contribution in [1.29, 1.82) is 0 Å². The molecule has 1 heterocycles. The molecule has 0 aromatic rings. The van der Waals surface area contributed by atoms with Crippen LogP contribution in [0.3, 0.4) is 0 Å². The van der Waals surface area contributed by atoms with E-state index >= 15 is 0 Å². The van der Waals surface area contributed by atoms with E-state index in [0.29, 0.717) is 11.7 Å². The third kappa shape index (κ3) is 4.27. The van der Waals surface area contributed by atoms with Crippen LogP contribution in [0.2, 0.25) is 0 Å². The van der Waals surface area contributed by atoms with E-state index in [1.807, 2.05) is 23.5 Å². The van der Waals surface area contributed by atoms with E-state index in [4.69, 9.17) is 5.11 Å². The average molecular weight is 220 g/mol. The van der Waals surface area contributed by atoms with Gasteiger partial charge in [0.05, 0.1) is 4.08 Å². The molecule has 1 fully saturated rings. The Hall–Kier alpha value is 0.170. The number of thioether (sulfide) groups is 2. The van der Waals surface area contributed by atoms with Gasteiger partial charge in [0.2, 0.25) is 0 Å². The van der Waals surface area contributed by atoms with Crippen LogP contribution in [-0.2, 0) is 4.79 Å². The van der Waals surface area contributed by atoms with E-state index < -0.39 is 5.97 Å². The van der Waals surface area contributed by atoms with Crippen LogP contribution >= 0.6 is 23.5 Å². The summed E-state index contributed by atoms with van der Waals surface area (Å²) in [6, 6.07) is 0. The summed E-state index contributed by atoms with van der Waals surface area (Å²) in [5.74, 6) is 0.501. The van der Waals surface area contributed by atoms with Crippen molar-refractivity contribution in [1.82, 2.24) is 0 Å². The van der Waals surface area contributed by atoms with E-state index in [9.17, 15) is 4.79 Å². The fourth-order valence-corrected chi connectivity index (χ4v) is 4.67. The first-order chi connectivity index (χ1) is 5.99. The number of aliphatic carboxylic acids is 1. The molecule has 0 radical (unpaired) electrons. The Morgan fingerprint density at radius 3 is 2.85 bits per heavy atom. The molecule has 0 amide bonds. The number of carboxylic acid groups (broad SMARTS) is 1. The molecular formula is C9H16O2S2. The molecule has 1 rings (SSSR count). The summed E-state index contributed by atoms with van der Waals surface area (Å²) in [7, 11) is 0. The molecule has 1 aliphatic heterocycles. The fraction of sp³-hybridized carbons (Fsp3) is 0.889. The highest BCUT2D eigenvalue weighted by Crippen LogP contribution is 2.46. The van der Waals surface area contributed by atoms with Gasteiger partial charge in [-0.15, -0.1) is 23.5 Å². The summed E-state index contributed by atoms with van der Waals surface area (Å²) in [6.45, 7) is 4.44. The number of carboxylic acids is 1. The molecule has 1 unspecified atom stereocenters. The first-order valence-electron chi connectivity index (χ1n) is 4.53. The number of carbonyl (C=O) groups is 1. The Balaban J connectivity index is 2.30. The second-order valence-electron chi connectivity index (χ2n) is 3.71. The van der Waals surface area contributed by atoms with Gasteiger partial charge in [0.15, 0.2) is 0 Å². The zero-order valence-electron chi connectivity index (χ0n) is 8.08. The molecule has 1 N–H and O–H groups in total. The van der Waals surface area contributed by atoms with E-state index in [0.717, 1.165) is 12.8 Å². The van der Waals surface area contributed by atoms with Gasteiger partial charge in [-0.05, 0) is 32.4 Å². The van der Waals surface area contributed by atoms with Crippen LogP contribution < -0.4 is 0 Å². The Morgan fingerprint density at radius 2 is 2.31 bits per heavy atom. The first-order valence-corrected chi connectivity index (χ1v) is 6.40. The standard InChI is InChI=1S/C9H16O2S2/c1-9(2)12-6-5-7(13-9)3-4-8(10)11/h7H,3-6H2,1-2H3,(H,10,11). The normalized spacial score (nSPS) is 27.1. The summed E-state index contributed by atoms with van der Waals surface area (Å²) in [4.78, 5) is 10.4. The van der Waals surface area contributed by atoms with Crippen LogP contribution in [0.1, 0.15) is 33.1 Å². The minimum Gasteiger partial charge on any atom is -0.481 e. The zero-order valence-corrected chi connectivity index (χ0v) is 9.71. The molecule has 0 aromatic carbocycles. The SMILES string of the molecule is CC1(C)SCCC(CCC(=O)O)S1. The van der Waals surface area contributed by atoms with E-state index in [1.165, 1.54) is 5.75 Å². The molecule has 1 atom stereocenters. The van der Waals surface area contributed by atoms with Crippen LogP contribution in [0.25, 0.3) is 0 Å².